The molecule has 0 unspecified atom stereocenters. The van der Waals surface area contributed by atoms with Crippen molar-refractivity contribution in [3.63, 3.8) is 0 Å². The van der Waals surface area contributed by atoms with E-state index in [0.717, 1.165) is 0 Å². The highest BCUT2D eigenvalue weighted by molar-refractivity contribution is 5.78. The van der Waals surface area contributed by atoms with Gasteiger partial charge in [0.15, 0.2) is 0 Å². The number of hydrogen-bond donors (Lipinski definition) is 2. The van der Waals surface area contributed by atoms with Crippen molar-refractivity contribution >= 4 is 5.91 Å². The Bertz CT molecular complexity index is 264. The first-order valence-electron chi connectivity index (χ1n) is 8.87. The first-order valence-corrected chi connectivity index (χ1v) is 8.87. The molecule has 0 aromatic rings. The first-order chi connectivity index (χ1) is 9.84. The lowest BCUT2D eigenvalue weighted by Gasteiger charge is -2.22. The fourth-order valence-corrected chi connectivity index (χ4v) is 3.60. The maximum absolute atomic E-state index is 12.0. The Morgan fingerprint density at radius 2 is 1.15 bits per heavy atom. The third-order valence-electron chi connectivity index (χ3n) is 4.88. The summed E-state index contributed by atoms with van der Waals surface area (Å²) in [4.78, 5) is 12.0. The maximum atomic E-state index is 12.0. The van der Waals surface area contributed by atoms with Crippen LogP contribution in [0.3, 0.4) is 0 Å². The molecule has 0 heterocycles. The van der Waals surface area contributed by atoms with E-state index in [1.807, 2.05) is 0 Å². The van der Waals surface area contributed by atoms with Gasteiger partial charge in [0.05, 0.1) is 6.54 Å². The molecule has 0 radical (unpaired) electrons. The fourth-order valence-electron chi connectivity index (χ4n) is 3.60. The second-order valence-corrected chi connectivity index (χ2v) is 6.68. The lowest BCUT2D eigenvalue weighted by molar-refractivity contribution is -0.121. The van der Waals surface area contributed by atoms with Gasteiger partial charge in [-0.05, 0) is 25.7 Å². The maximum Gasteiger partial charge on any atom is 0.234 e. The van der Waals surface area contributed by atoms with Crippen LogP contribution in [0.2, 0.25) is 0 Å². The second kappa shape index (κ2) is 9.38. The molecule has 0 aromatic carbocycles. The van der Waals surface area contributed by atoms with E-state index in [9.17, 15) is 4.79 Å². The van der Waals surface area contributed by atoms with E-state index in [1.165, 1.54) is 83.5 Å². The molecule has 2 N–H and O–H groups in total. The average Bonchev–Trinajstić information content (AvgIpc) is 2.66. The molecule has 2 aliphatic rings. The molecule has 0 atom stereocenters. The van der Waals surface area contributed by atoms with Gasteiger partial charge in [0.1, 0.15) is 0 Å². The molecule has 20 heavy (non-hydrogen) atoms. The molecule has 2 saturated carbocycles. The highest BCUT2D eigenvalue weighted by Gasteiger charge is 2.16. The zero-order chi connectivity index (χ0) is 14.0. The van der Waals surface area contributed by atoms with Gasteiger partial charge in [-0.2, -0.15) is 0 Å². The predicted octanol–water partition coefficient (Wildman–Crippen LogP) is 3.53. The smallest absolute Gasteiger partial charge is 0.234 e. The Morgan fingerprint density at radius 1 is 0.700 bits per heavy atom. The zero-order valence-electron chi connectivity index (χ0n) is 13.0. The van der Waals surface area contributed by atoms with Gasteiger partial charge in [0, 0.05) is 12.1 Å². The number of rotatable bonds is 4. The lowest BCUT2D eigenvalue weighted by atomic mass is 9.97. The van der Waals surface area contributed by atoms with Crippen molar-refractivity contribution in [2.45, 2.75) is 95.6 Å². The number of carbonyl (C=O) groups is 1. The number of hydrogen-bond acceptors (Lipinski definition) is 2. The molecular weight excluding hydrogens is 248 g/mol. The quantitative estimate of drug-likeness (QED) is 0.774. The summed E-state index contributed by atoms with van der Waals surface area (Å²) >= 11 is 0. The van der Waals surface area contributed by atoms with Crippen molar-refractivity contribution in [3.8, 4) is 0 Å². The van der Waals surface area contributed by atoms with Crippen molar-refractivity contribution in [3.05, 3.63) is 0 Å². The van der Waals surface area contributed by atoms with Crippen molar-refractivity contribution < 1.29 is 4.79 Å². The number of amides is 1. The number of nitrogens with one attached hydrogen (secondary N) is 2. The molecule has 0 saturated heterocycles. The fraction of sp³-hybridized carbons (Fsp3) is 0.941. The molecule has 3 nitrogen and oxygen atoms in total. The summed E-state index contributed by atoms with van der Waals surface area (Å²) in [6.07, 6.45) is 16.9. The molecule has 3 heteroatoms. The largest absolute Gasteiger partial charge is 0.352 e. The average molecular weight is 280 g/mol. The summed E-state index contributed by atoms with van der Waals surface area (Å²) < 4.78 is 0. The van der Waals surface area contributed by atoms with Crippen LogP contribution in [0.15, 0.2) is 0 Å². The van der Waals surface area contributed by atoms with Gasteiger partial charge < -0.3 is 10.6 Å². The van der Waals surface area contributed by atoms with Gasteiger partial charge in [0.2, 0.25) is 5.91 Å². The molecule has 2 fully saturated rings. The molecule has 116 valence electrons. The van der Waals surface area contributed by atoms with E-state index in [2.05, 4.69) is 10.6 Å². The molecular formula is C17H32N2O. The van der Waals surface area contributed by atoms with Crippen LogP contribution < -0.4 is 10.6 Å². The van der Waals surface area contributed by atoms with Crippen LogP contribution >= 0.6 is 0 Å². The molecule has 0 aromatic heterocycles. The van der Waals surface area contributed by atoms with E-state index >= 15 is 0 Å². The third-order valence-corrected chi connectivity index (χ3v) is 4.88. The summed E-state index contributed by atoms with van der Waals surface area (Å²) in [5, 5.41) is 6.71. The van der Waals surface area contributed by atoms with Crippen molar-refractivity contribution in [1.82, 2.24) is 10.6 Å². The van der Waals surface area contributed by atoms with E-state index in [1.54, 1.807) is 0 Å². The Balaban J connectivity index is 1.62. The van der Waals surface area contributed by atoms with Crippen molar-refractivity contribution in [2.24, 2.45) is 0 Å². The normalized spacial score (nSPS) is 23.6. The summed E-state index contributed by atoms with van der Waals surface area (Å²) in [6.45, 7) is 0.515. The van der Waals surface area contributed by atoms with E-state index in [-0.39, 0.29) is 5.91 Å². The van der Waals surface area contributed by atoms with Crippen LogP contribution in [0, 0.1) is 0 Å². The highest BCUT2D eigenvalue weighted by Crippen LogP contribution is 2.18. The van der Waals surface area contributed by atoms with Gasteiger partial charge in [-0.1, -0.05) is 57.8 Å². The second-order valence-electron chi connectivity index (χ2n) is 6.68. The standard InChI is InChI=1S/C17H32N2O/c20-17(19-16-12-8-4-5-9-13-16)14-18-15-10-6-2-1-3-7-11-15/h15-16,18H,1-14H2,(H,19,20). The first kappa shape index (κ1) is 15.8. The van der Waals surface area contributed by atoms with Crippen LogP contribution in [0.5, 0.6) is 0 Å². The van der Waals surface area contributed by atoms with E-state index < -0.39 is 0 Å². The van der Waals surface area contributed by atoms with Crippen LogP contribution in [0.25, 0.3) is 0 Å². The Morgan fingerprint density at radius 3 is 1.70 bits per heavy atom. The molecule has 0 aliphatic heterocycles. The Labute approximate surface area is 124 Å². The Kier molecular flexibility index (Phi) is 7.42. The van der Waals surface area contributed by atoms with E-state index in [0.29, 0.717) is 18.6 Å². The van der Waals surface area contributed by atoms with Crippen LogP contribution in [-0.2, 0) is 4.79 Å². The van der Waals surface area contributed by atoms with Crippen LogP contribution in [0.4, 0.5) is 0 Å². The third kappa shape index (κ3) is 6.25. The summed E-state index contributed by atoms with van der Waals surface area (Å²) in [5.41, 5.74) is 0. The minimum absolute atomic E-state index is 0.207. The highest BCUT2D eigenvalue weighted by atomic mass is 16.1. The molecule has 0 bridgehead atoms. The monoisotopic (exact) mass is 280 g/mol. The Hall–Kier alpha value is -0.570. The number of carbonyl (C=O) groups excluding carboxylic acids is 1. The molecule has 0 spiro atoms. The van der Waals surface area contributed by atoms with Gasteiger partial charge in [-0.15, -0.1) is 0 Å². The van der Waals surface area contributed by atoms with Crippen molar-refractivity contribution in [2.75, 3.05) is 6.54 Å². The SMILES string of the molecule is O=C(CNC1CCCCCCC1)NC1CCCCCC1. The zero-order valence-corrected chi connectivity index (χ0v) is 13.0. The van der Waals surface area contributed by atoms with Gasteiger partial charge in [-0.3, -0.25) is 4.79 Å². The summed E-state index contributed by atoms with van der Waals surface area (Å²) in [7, 11) is 0. The minimum atomic E-state index is 0.207. The van der Waals surface area contributed by atoms with Gasteiger partial charge in [-0.25, -0.2) is 0 Å². The predicted molar refractivity (Wildman–Crippen MR) is 83.7 cm³/mol. The van der Waals surface area contributed by atoms with E-state index in [4.69, 9.17) is 0 Å². The van der Waals surface area contributed by atoms with Crippen LogP contribution in [-0.4, -0.2) is 24.5 Å². The van der Waals surface area contributed by atoms with Gasteiger partial charge >= 0.3 is 0 Å². The minimum Gasteiger partial charge on any atom is -0.352 e. The lowest BCUT2D eigenvalue weighted by Crippen LogP contribution is -2.43. The molecule has 1 amide bonds. The molecule has 2 rings (SSSR count). The van der Waals surface area contributed by atoms with Gasteiger partial charge in [0.25, 0.3) is 0 Å². The topological polar surface area (TPSA) is 41.1 Å². The van der Waals surface area contributed by atoms with Crippen LogP contribution in [0.1, 0.15) is 83.5 Å². The summed E-state index contributed by atoms with van der Waals surface area (Å²) in [6, 6.07) is 0.999. The van der Waals surface area contributed by atoms with Crippen molar-refractivity contribution in [1.29, 1.82) is 0 Å². The summed E-state index contributed by atoms with van der Waals surface area (Å²) in [5.74, 6) is 0.207. The molecule has 2 aliphatic carbocycles.